The number of thioether (sulfide) groups is 1. The van der Waals surface area contributed by atoms with Gasteiger partial charge in [-0.05, 0) is 12.8 Å². The minimum atomic E-state index is 0.837. The van der Waals surface area contributed by atoms with E-state index in [1.807, 2.05) is 17.7 Å². The van der Waals surface area contributed by atoms with Gasteiger partial charge in [-0.25, -0.2) is 0 Å². The van der Waals surface area contributed by atoms with Crippen molar-refractivity contribution >= 4 is 11.8 Å². The molecule has 1 saturated heterocycles. The highest BCUT2D eigenvalue weighted by Gasteiger charge is 2.12. The van der Waals surface area contributed by atoms with Crippen LogP contribution in [0.1, 0.15) is 26.2 Å². The zero-order valence-corrected chi connectivity index (χ0v) is 6.62. The smallest absolute Gasteiger partial charge is 0.139 e. The Hall–Kier alpha value is 0.310. The third-order valence-electron chi connectivity index (χ3n) is 1.48. The second kappa shape index (κ2) is 4.18. The summed E-state index contributed by atoms with van der Waals surface area (Å²) in [6.07, 6.45) is 3.87. The van der Waals surface area contributed by atoms with Crippen molar-refractivity contribution in [2.75, 3.05) is 6.61 Å². The molecule has 0 N–H and O–H groups in total. The van der Waals surface area contributed by atoms with Gasteiger partial charge in [-0.15, -0.1) is 11.8 Å². The maximum atomic E-state index is 5.08. The summed E-state index contributed by atoms with van der Waals surface area (Å²) in [5, 5.41) is 0.837. The second-order valence-electron chi connectivity index (χ2n) is 2.30. The topological polar surface area (TPSA) is 9.23 Å². The van der Waals surface area contributed by atoms with E-state index in [2.05, 4.69) is 6.92 Å². The first-order valence-electron chi connectivity index (χ1n) is 3.52. The normalized spacial score (nSPS) is 28.3. The summed E-state index contributed by atoms with van der Waals surface area (Å²) in [5.74, 6) is 1.88. The highest BCUT2D eigenvalue weighted by molar-refractivity contribution is 8.01. The Morgan fingerprint density at radius 3 is 3.22 bits per heavy atom. The van der Waals surface area contributed by atoms with Crippen molar-refractivity contribution in [3.63, 3.8) is 0 Å². The van der Waals surface area contributed by atoms with Crippen molar-refractivity contribution in [2.24, 2.45) is 0 Å². The van der Waals surface area contributed by atoms with Gasteiger partial charge >= 0.3 is 0 Å². The van der Waals surface area contributed by atoms with E-state index in [0.29, 0.717) is 0 Å². The molecular formula is C7H13OS. The summed E-state index contributed by atoms with van der Waals surface area (Å²) < 4.78 is 5.08. The number of hydrogen-bond acceptors (Lipinski definition) is 2. The SMILES string of the molecule is CCCC1CCO[CH]S1. The van der Waals surface area contributed by atoms with Gasteiger partial charge in [0.15, 0.2) is 0 Å². The molecule has 1 aliphatic heterocycles. The lowest BCUT2D eigenvalue weighted by Crippen LogP contribution is -2.11. The summed E-state index contributed by atoms with van der Waals surface area (Å²) in [6.45, 7) is 3.16. The van der Waals surface area contributed by atoms with Crippen molar-refractivity contribution < 1.29 is 4.74 Å². The van der Waals surface area contributed by atoms with E-state index in [1.54, 1.807) is 0 Å². The van der Waals surface area contributed by atoms with Crippen LogP contribution < -0.4 is 0 Å². The average Bonchev–Trinajstić information content (AvgIpc) is 1.91. The van der Waals surface area contributed by atoms with Gasteiger partial charge in [0.25, 0.3) is 0 Å². The van der Waals surface area contributed by atoms with Gasteiger partial charge < -0.3 is 4.74 Å². The van der Waals surface area contributed by atoms with Gasteiger partial charge in [0.2, 0.25) is 0 Å². The fourth-order valence-electron chi connectivity index (χ4n) is 0.968. The largest absolute Gasteiger partial charge is 0.364 e. The molecule has 0 aromatic rings. The lowest BCUT2D eigenvalue weighted by Gasteiger charge is -2.19. The predicted molar refractivity (Wildman–Crippen MR) is 41.2 cm³/mol. The van der Waals surface area contributed by atoms with Crippen LogP contribution in [0.25, 0.3) is 0 Å². The summed E-state index contributed by atoms with van der Waals surface area (Å²) in [7, 11) is 0. The Morgan fingerprint density at radius 2 is 2.67 bits per heavy atom. The highest BCUT2D eigenvalue weighted by atomic mass is 32.2. The molecule has 1 unspecified atom stereocenters. The lowest BCUT2D eigenvalue weighted by atomic mass is 10.2. The van der Waals surface area contributed by atoms with Crippen molar-refractivity contribution in [3.8, 4) is 0 Å². The van der Waals surface area contributed by atoms with E-state index in [0.717, 1.165) is 11.9 Å². The third kappa shape index (κ3) is 2.59. The molecule has 0 spiro atoms. The van der Waals surface area contributed by atoms with Gasteiger partial charge in [0.05, 0.1) is 0 Å². The standard InChI is InChI=1S/C7H13OS/c1-2-3-7-4-5-8-6-9-7/h6-7H,2-5H2,1H3. The number of hydrogen-bond donors (Lipinski definition) is 0. The molecule has 0 saturated carbocycles. The fraction of sp³-hybridized carbons (Fsp3) is 0.857. The van der Waals surface area contributed by atoms with E-state index < -0.39 is 0 Å². The van der Waals surface area contributed by atoms with Crippen molar-refractivity contribution in [1.82, 2.24) is 0 Å². The first-order chi connectivity index (χ1) is 4.43. The first kappa shape index (κ1) is 7.42. The van der Waals surface area contributed by atoms with E-state index in [9.17, 15) is 0 Å². The summed E-state index contributed by atoms with van der Waals surface area (Å²) in [4.78, 5) is 0. The molecule has 1 radical (unpaired) electrons. The predicted octanol–water partition coefficient (Wildman–Crippen LogP) is 2.43. The molecule has 53 valence electrons. The van der Waals surface area contributed by atoms with Crippen LogP contribution in [0.4, 0.5) is 0 Å². The zero-order valence-electron chi connectivity index (χ0n) is 5.80. The Morgan fingerprint density at radius 1 is 1.78 bits per heavy atom. The number of ether oxygens (including phenoxy) is 1. The van der Waals surface area contributed by atoms with Crippen LogP contribution in [-0.2, 0) is 4.74 Å². The van der Waals surface area contributed by atoms with Gasteiger partial charge in [-0.1, -0.05) is 13.3 Å². The summed E-state index contributed by atoms with van der Waals surface area (Å²) >= 11 is 1.84. The van der Waals surface area contributed by atoms with Crippen molar-refractivity contribution in [2.45, 2.75) is 31.4 Å². The Kier molecular flexibility index (Phi) is 3.44. The Bertz CT molecular complexity index is 66.6. The van der Waals surface area contributed by atoms with Gasteiger partial charge in [-0.2, -0.15) is 0 Å². The molecular weight excluding hydrogens is 132 g/mol. The maximum Gasteiger partial charge on any atom is 0.139 e. The van der Waals surface area contributed by atoms with E-state index in [4.69, 9.17) is 4.74 Å². The van der Waals surface area contributed by atoms with Crippen LogP contribution in [0.2, 0.25) is 0 Å². The van der Waals surface area contributed by atoms with E-state index >= 15 is 0 Å². The zero-order chi connectivity index (χ0) is 6.53. The van der Waals surface area contributed by atoms with Crippen molar-refractivity contribution in [3.05, 3.63) is 5.94 Å². The molecule has 1 atom stereocenters. The molecule has 1 fully saturated rings. The summed E-state index contributed by atoms with van der Waals surface area (Å²) in [6, 6.07) is 0. The molecule has 1 aliphatic rings. The van der Waals surface area contributed by atoms with Crippen LogP contribution in [0, 0.1) is 5.94 Å². The van der Waals surface area contributed by atoms with Crippen LogP contribution in [0.3, 0.4) is 0 Å². The number of rotatable bonds is 2. The molecule has 1 rings (SSSR count). The average molecular weight is 145 g/mol. The van der Waals surface area contributed by atoms with Crippen LogP contribution >= 0.6 is 11.8 Å². The molecule has 0 aromatic heterocycles. The minimum Gasteiger partial charge on any atom is -0.364 e. The van der Waals surface area contributed by atoms with Crippen LogP contribution in [-0.4, -0.2) is 11.9 Å². The maximum absolute atomic E-state index is 5.08. The monoisotopic (exact) mass is 145 g/mol. The molecule has 0 bridgehead atoms. The van der Waals surface area contributed by atoms with Gasteiger partial charge in [0.1, 0.15) is 5.94 Å². The fourth-order valence-corrected chi connectivity index (χ4v) is 1.90. The third-order valence-corrected chi connectivity index (χ3v) is 2.59. The minimum absolute atomic E-state index is 0.837. The molecule has 2 heteroatoms. The van der Waals surface area contributed by atoms with Crippen LogP contribution in [0.5, 0.6) is 0 Å². The highest BCUT2D eigenvalue weighted by Crippen LogP contribution is 2.26. The second-order valence-corrected chi connectivity index (χ2v) is 3.43. The van der Waals surface area contributed by atoms with E-state index in [1.165, 1.54) is 19.3 Å². The lowest BCUT2D eigenvalue weighted by molar-refractivity contribution is 0.214. The molecule has 0 aromatic carbocycles. The Labute approximate surface area is 61.2 Å². The molecule has 9 heavy (non-hydrogen) atoms. The first-order valence-corrected chi connectivity index (χ1v) is 4.46. The Balaban J connectivity index is 2.08. The summed E-state index contributed by atoms with van der Waals surface area (Å²) in [5.41, 5.74) is 0. The quantitative estimate of drug-likeness (QED) is 0.590. The van der Waals surface area contributed by atoms with Crippen LogP contribution in [0.15, 0.2) is 0 Å². The van der Waals surface area contributed by atoms with E-state index in [-0.39, 0.29) is 0 Å². The van der Waals surface area contributed by atoms with Gasteiger partial charge in [-0.3, -0.25) is 0 Å². The van der Waals surface area contributed by atoms with Gasteiger partial charge in [0, 0.05) is 11.9 Å². The molecule has 1 nitrogen and oxygen atoms in total. The molecule has 0 amide bonds. The molecule has 1 heterocycles. The van der Waals surface area contributed by atoms with Crippen molar-refractivity contribution in [1.29, 1.82) is 0 Å². The molecule has 0 aliphatic carbocycles.